The minimum absolute atomic E-state index is 0.644. The summed E-state index contributed by atoms with van der Waals surface area (Å²) in [5.41, 5.74) is 7.35. The Morgan fingerprint density at radius 2 is 1.02 bits per heavy atom. The molecule has 0 saturated heterocycles. The highest BCUT2D eigenvalue weighted by atomic mass is 32.1. The number of nitrogens with zero attached hydrogens (tertiary/aromatic N) is 4. The van der Waals surface area contributed by atoms with Crippen molar-refractivity contribution in [2.24, 2.45) is 0 Å². The topological polar surface area (TPSA) is 51.6 Å². The van der Waals surface area contributed by atoms with Crippen LogP contribution in [0.3, 0.4) is 0 Å². The molecule has 10 aromatic rings. The van der Waals surface area contributed by atoms with Crippen LogP contribution in [0.25, 0.3) is 97.0 Å². The molecule has 0 fully saturated rings. The monoisotopic (exact) mass is 674 g/mol. The van der Waals surface area contributed by atoms with Gasteiger partial charge in [-0.1, -0.05) is 127 Å². The van der Waals surface area contributed by atoms with E-state index >= 15 is 0 Å². The fourth-order valence-electron chi connectivity index (χ4n) is 6.78. The lowest BCUT2D eigenvalue weighted by atomic mass is 9.95. The van der Waals surface area contributed by atoms with Gasteiger partial charge in [-0.25, -0.2) is 19.9 Å². The predicted molar refractivity (Wildman–Crippen MR) is 211 cm³/mol. The molecule has 0 N–H and O–H groups in total. The van der Waals surface area contributed by atoms with Crippen LogP contribution in [0.5, 0.6) is 0 Å². The molecule has 0 radical (unpaired) electrons. The molecule has 0 aliphatic rings. The van der Waals surface area contributed by atoms with Gasteiger partial charge in [0.2, 0.25) is 0 Å². The van der Waals surface area contributed by atoms with E-state index in [2.05, 4.69) is 133 Å². The summed E-state index contributed by atoms with van der Waals surface area (Å²) in [5, 5.41) is 5.71. The van der Waals surface area contributed by atoms with Crippen LogP contribution < -0.4 is 0 Å². The van der Waals surface area contributed by atoms with Gasteiger partial charge in [-0.15, -0.1) is 22.7 Å². The first-order valence-electron chi connectivity index (χ1n) is 16.5. The van der Waals surface area contributed by atoms with Crippen LogP contribution in [0.4, 0.5) is 0 Å². The Morgan fingerprint density at radius 1 is 0.360 bits per heavy atom. The fraction of sp³-hybridized carbons (Fsp3) is 0. The van der Waals surface area contributed by atoms with E-state index in [1.807, 2.05) is 24.3 Å². The maximum atomic E-state index is 5.26. The Morgan fingerprint density at radius 3 is 1.80 bits per heavy atom. The lowest BCUT2D eigenvalue weighted by molar-refractivity contribution is 1.08. The highest BCUT2D eigenvalue weighted by Crippen LogP contribution is 2.43. The summed E-state index contributed by atoms with van der Waals surface area (Å²) in [7, 11) is 0. The SMILES string of the molecule is c1ccc(-c2nc(-c3cc(-c4ccccc4)c4ccccc4c3)nc(-c3cccc4sc5cc6nc(-c7ccccc7)sc6cc5c34)n2)cc1. The number of hydrogen-bond acceptors (Lipinski definition) is 6. The Bertz CT molecular complexity index is 2860. The van der Waals surface area contributed by atoms with Gasteiger partial charge in [-0.2, -0.15) is 0 Å². The van der Waals surface area contributed by atoms with Crippen molar-refractivity contribution in [3.05, 3.63) is 158 Å². The van der Waals surface area contributed by atoms with Crippen molar-refractivity contribution < 1.29 is 0 Å². The second-order valence-corrected chi connectivity index (χ2v) is 14.4. The molecule has 0 bridgehead atoms. The number of thiophene rings is 1. The van der Waals surface area contributed by atoms with Gasteiger partial charge in [0.25, 0.3) is 0 Å². The van der Waals surface area contributed by atoms with Crippen LogP contribution in [0, 0.1) is 0 Å². The van der Waals surface area contributed by atoms with Crippen LogP contribution in [0.2, 0.25) is 0 Å². The van der Waals surface area contributed by atoms with Gasteiger partial charge in [0.05, 0.1) is 10.2 Å². The van der Waals surface area contributed by atoms with Gasteiger partial charge in [0, 0.05) is 42.4 Å². The summed E-state index contributed by atoms with van der Waals surface area (Å²) in [6, 6.07) is 55.0. The summed E-state index contributed by atoms with van der Waals surface area (Å²) in [5.74, 6) is 1.95. The lowest BCUT2D eigenvalue weighted by Gasteiger charge is -2.13. The van der Waals surface area contributed by atoms with Crippen LogP contribution in [-0.4, -0.2) is 19.9 Å². The van der Waals surface area contributed by atoms with Crippen LogP contribution in [-0.2, 0) is 0 Å². The molecular weight excluding hydrogens is 649 g/mol. The highest BCUT2D eigenvalue weighted by molar-refractivity contribution is 7.26. The Kier molecular flexibility index (Phi) is 6.82. The maximum absolute atomic E-state index is 5.26. The van der Waals surface area contributed by atoms with E-state index in [0.29, 0.717) is 17.5 Å². The molecule has 0 aliphatic heterocycles. The summed E-state index contributed by atoms with van der Waals surface area (Å²) < 4.78 is 3.56. The lowest BCUT2D eigenvalue weighted by Crippen LogP contribution is -2.00. The minimum Gasteiger partial charge on any atom is -0.236 e. The third kappa shape index (κ3) is 4.96. The molecule has 10 rings (SSSR count). The van der Waals surface area contributed by atoms with E-state index in [4.69, 9.17) is 19.9 Å². The number of fused-ring (bicyclic) bond motifs is 5. The zero-order valence-electron chi connectivity index (χ0n) is 26.6. The molecule has 6 heteroatoms. The first-order chi connectivity index (χ1) is 24.7. The van der Waals surface area contributed by atoms with Crippen LogP contribution in [0.15, 0.2) is 158 Å². The van der Waals surface area contributed by atoms with Gasteiger partial charge in [-0.3, -0.25) is 0 Å². The van der Waals surface area contributed by atoms with Gasteiger partial charge in [-0.05, 0) is 52.2 Å². The smallest absolute Gasteiger partial charge is 0.164 e. The van der Waals surface area contributed by atoms with Crippen molar-refractivity contribution in [1.29, 1.82) is 0 Å². The van der Waals surface area contributed by atoms with Crippen molar-refractivity contribution in [3.63, 3.8) is 0 Å². The quantitative estimate of drug-likeness (QED) is 0.182. The molecular formula is C44H26N4S2. The molecule has 234 valence electrons. The van der Waals surface area contributed by atoms with Crippen LogP contribution >= 0.6 is 22.7 Å². The Hall–Kier alpha value is -6.08. The van der Waals surface area contributed by atoms with E-state index in [1.165, 1.54) is 20.2 Å². The zero-order chi connectivity index (χ0) is 33.0. The Balaban J connectivity index is 1.20. The van der Waals surface area contributed by atoms with E-state index in [9.17, 15) is 0 Å². The van der Waals surface area contributed by atoms with Crippen molar-refractivity contribution in [2.75, 3.05) is 0 Å². The first kappa shape index (κ1) is 28.9. The summed E-state index contributed by atoms with van der Waals surface area (Å²) >= 11 is 3.52. The third-order valence-electron chi connectivity index (χ3n) is 9.14. The van der Waals surface area contributed by atoms with Crippen LogP contribution in [0.1, 0.15) is 0 Å². The van der Waals surface area contributed by atoms with Crippen molar-refractivity contribution in [1.82, 2.24) is 19.9 Å². The van der Waals surface area contributed by atoms with Gasteiger partial charge < -0.3 is 0 Å². The second kappa shape index (κ2) is 11.8. The van der Waals surface area contributed by atoms with Crippen molar-refractivity contribution in [2.45, 2.75) is 0 Å². The number of rotatable bonds is 5. The molecule has 0 saturated carbocycles. The molecule has 3 aromatic heterocycles. The fourth-order valence-corrected chi connectivity index (χ4v) is 8.91. The molecule has 50 heavy (non-hydrogen) atoms. The predicted octanol–water partition coefficient (Wildman–Crippen LogP) is 12.3. The van der Waals surface area contributed by atoms with E-state index < -0.39 is 0 Å². The summed E-state index contributed by atoms with van der Waals surface area (Å²) in [4.78, 5) is 20.5. The molecule has 0 aliphatic carbocycles. The zero-order valence-corrected chi connectivity index (χ0v) is 28.2. The maximum Gasteiger partial charge on any atom is 0.164 e. The average Bonchev–Trinajstić information content (AvgIpc) is 3.78. The number of hydrogen-bond donors (Lipinski definition) is 0. The first-order valence-corrected chi connectivity index (χ1v) is 18.1. The van der Waals surface area contributed by atoms with Gasteiger partial charge in [0.1, 0.15) is 5.01 Å². The van der Waals surface area contributed by atoms with Crippen molar-refractivity contribution >= 4 is 63.8 Å². The van der Waals surface area contributed by atoms with Gasteiger partial charge >= 0.3 is 0 Å². The highest BCUT2D eigenvalue weighted by Gasteiger charge is 2.19. The average molecular weight is 675 g/mol. The molecule has 4 nitrogen and oxygen atoms in total. The molecule has 0 atom stereocenters. The summed E-state index contributed by atoms with van der Waals surface area (Å²) in [6.07, 6.45) is 0. The number of aromatic nitrogens is 4. The Labute approximate surface area is 296 Å². The number of thiazole rings is 1. The molecule has 0 unspecified atom stereocenters. The second-order valence-electron chi connectivity index (χ2n) is 12.3. The molecule has 0 spiro atoms. The number of benzene rings is 7. The largest absolute Gasteiger partial charge is 0.236 e. The van der Waals surface area contributed by atoms with E-state index in [0.717, 1.165) is 59.4 Å². The molecule has 3 heterocycles. The van der Waals surface area contributed by atoms with Crippen molar-refractivity contribution in [3.8, 4) is 55.9 Å². The van der Waals surface area contributed by atoms with E-state index in [1.54, 1.807) is 22.7 Å². The van der Waals surface area contributed by atoms with E-state index in [-0.39, 0.29) is 0 Å². The molecule has 7 aromatic carbocycles. The summed E-state index contributed by atoms with van der Waals surface area (Å²) in [6.45, 7) is 0. The minimum atomic E-state index is 0.644. The van der Waals surface area contributed by atoms with Gasteiger partial charge in [0.15, 0.2) is 17.5 Å². The standard InChI is InChI=1S/C44H26N4S2/c1-4-13-27(14-5-1)34-24-31(23-30-19-10-11-20-32(30)34)42-46-41(28-15-6-2-7-16-28)47-43(48-42)33-21-12-22-37-40(33)35-25-39-36(26-38(35)49-37)45-44(50-39)29-17-8-3-9-18-29/h1-26H. The molecule has 0 amide bonds. The third-order valence-corrected chi connectivity index (χ3v) is 11.3. The normalized spacial score (nSPS) is 11.6.